The Kier molecular flexibility index (Phi) is 1.98. The molecule has 0 amide bonds. The molecule has 3 nitrogen and oxygen atoms in total. The summed E-state index contributed by atoms with van der Waals surface area (Å²) in [6, 6.07) is 0. The first-order chi connectivity index (χ1) is 5.10. The number of rotatable bonds is 2. The van der Waals surface area contributed by atoms with Crippen molar-refractivity contribution in [2.75, 3.05) is 0 Å². The Labute approximate surface area is 66.8 Å². The van der Waals surface area contributed by atoms with Gasteiger partial charge >= 0.3 is 0 Å². The van der Waals surface area contributed by atoms with Gasteiger partial charge in [0.15, 0.2) is 11.8 Å². The molecule has 1 saturated carbocycles. The zero-order chi connectivity index (χ0) is 8.48. The quantitative estimate of drug-likeness (QED) is 0.464. The SMILES string of the molecule is CCC1(C(=N)OC(C)=N)CC1. The van der Waals surface area contributed by atoms with E-state index in [1.807, 2.05) is 0 Å². The first-order valence-corrected chi connectivity index (χ1v) is 3.93. The standard InChI is InChI=1S/C8H14N2O/c1-3-8(4-5-8)7(10)11-6(2)9/h9-10H,3-5H2,1-2H3. The van der Waals surface area contributed by atoms with Crippen molar-refractivity contribution in [3.05, 3.63) is 0 Å². The number of ether oxygens (including phenoxy) is 1. The summed E-state index contributed by atoms with van der Waals surface area (Å²) in [4.78, 5) is 0. The van der Waals surface area contributed by atoms with Gasteiger partial charge in [-0.2, -0.15) is 0 Å². The highest BCUT2D eigenvalue weighted by Gasteiger charge is 2.46. The third-order valence-corrected chi connectivity index (χ3v) is 2.27. The van der Waals surface area contributed by atoms with Crippen LogP contribution in [0.2, 0.25) is 0 Å². The molecule has 0 unspecified atom stereocenters. The smallest absolute Gasteiger partial charge is 0.195 e. The Morgan fingerprint density at radius 2 is 2.00 bits per heavy atom. The summed E-state index contributed by atoms with van der Waals surface area (Å²) in [6.07, 6.45) is 3.06. The van der Waals surface area contributed by atoms with Crippen LogP contribution in [0.15, 0.2) is 0 Å². The summed E-state index contributed by atoms with van der Waals surface area (Å²) in [5, 5.41) is 14.6. The minimum Gasteiger partial charge on any atom is -0.430 e. The van der Waals surface area contributed by atoms with Gasteiger partial charge in [-0.25, -0.2) is 0 Å². The minimum absolute atomic E-state index is 0.00229. The Balaban J connectivity index is 2.48. The highest BCUT2D eigenvalue weighted by molar-refractivity contribution is 5.92. The fraction of sp³-hybridized carbons (Fsp3) is 0.750. The summed E-state index contributed by atoms with van der Waals surface area (Å²) in [6.45, 7) is 3.62. The molecular formula is C8H14N2O. The van der Waals surface area contributed by atoms with Crippen LogP contribution in [0, 0.1) is 16.2 Å². The van der Waals surface area contributed by atoms with Crippen molar-refractivity contribution in [1.29, 1.82) is 10.8 Å². The van der Waals surface area contributed by atoms with Gasteiger partial charge in [0, 0.05) is 12.3 Å². The molecule has 11 heavy (non-hydrogen) atoms. The van der Waals surface area contributed by atoms with Gasteiger partial charge in [0.2, 0.25) is 0 Å². The van der Waals surface area contributed by atoms with Crippen LogP contribution in [-0.4, -0.2) is 11.8 Å². The summed E-state index contributed by atoms with van der Waals surface area (Å²) in [7, 11) is 0. The molecule has 0 radical (unpaired) electrons. The van der Waals surface area contributed by atoms with E-state index < -0.39 is 0 Å². The zero-order valence-electron chi connectivity index (χ0n) is 7.03. The van der Waals surface area contributed by atoms with Crippen molar-refractivity contribution in [1.82, 2.24) is 0 Å². The molecule has 1 fully saturated rings. The topological polar surface area (TPSA) is 56.9 Å². The second kappa shape index (κ2) is 2.64. The van der Waals surface area contributed by atoms with Gasteiger partial charge in [-0.3, -0.25) is 10.8 Å². The zero-order valence-corrected chi connectivity index (χ0v) is 7.03. The molecule has 0 spiro atoms. The van der Waals surface area contributed by atoms with E-state index in [0.29, 0.717) is 0 Å². The highest BCUT2D eigenvalue weighted by Crippen LogP contribution is 2.49. The van der Waals surface area contributed by atoms with E-state index in [1.54, 1.807) is 6.92 Å². The molecule has 1 rings (SSSR count). The van der Waals surface area contributed by atoms with Gasteiger partial charge in [0.1, 0.15) is 0 Å². The average molecular weight is 154 g/mol. The molecule has 0 aromatic heterocycles. The van der Waals surface area contributed by atoms with E-state index in [4.69, 9.17) is 15.6 Å². The van der Waals surface area contributed by atoms with E-state index in [-0.39, 0.29) is 17.2 Å². The lowest BCUT2D eigenvalue weighted by atomic mass is 10.0. The molecule has 62 valence electrons. The van der Waals surface area contributed by atoms with Crippen molar-refractivity contribution in [2.24, 2.45) is 5.41 Å². The van der Waals surface area contributed by atoms with Crippen LogP contribution in [-0.2, 0) is 4.74 Å². The first-order valence-electron chi connectivity index (χ1n) is 3.93. The van der Waals surface area contributed by atoms with Crippen molar-refractivity contribution in [2.45, 2.75) is 33.1 Å². The van der Waals surface area contributed by atoms with E-state index >= 15 is 0 Å². The van der Waals surface area contributed by atoms with Crippen LogP contribution in [0.1, 0.15) is 33.1 Å². The maximum atomic E-state index is 7.52. The fourth-order valence-electron chi connectivity index (χ4n) is 1.15. The Hall–Kier alpha value is -0.860. The highest BCUT2D eigenvalue weighted by atomic mass is 16.5. The molecule has 0 atom stereocenters. The summed E-state index contributed by atoms with van der Waals surface area (Å²) in [5.74, 6) is 0.405. The van der Waals surface area contributed by atoms with Crippen molar-refractivity contribution in [3.8, 4) is 0 Å². The maximum Gasteiger partial charge on any atom is 0.195 e. The second-order valence-corrected chi connectivity index (χ2v) is 3.12. The van der Waals surface area contributed by atoms with E-state index in [1.165, 1.54) is 0 Å². The average Bonchev–Trinajstić information content (AvgIpc) is 2.65. The molecular weight excluding hydrogens is 140 g/mol. The summed E-state index contributed by atoms with van der Waals surface area (Å²) >= 11 is 0. The van der Waals surface area contributed by atoms with E-state index in [9.17, 15) is 0 Å². The molecule has 0 heterocycles. The largest absolute Gasteiger partial charge is 0.430 e. The fourth-order valence-corrected chi connectivity index (χ4v) is 1.15. The Morgan fingerprint density at radius 1 is 1.45 bits per heavy atom. The number of hydrogen-bond acceptors (Lipinski definition) is 3. The van der Waals surface area contributed by atoms with Gasteiger partial charge in [-0.1, -0.05) is 6.92 Å². The van der Waals surface area contributed by atoms with Crippen LogP contribution in [0.25, 0.3) is 0 Å². The molecule has 0 aromatic rings. The monoisotopic (exact) mass is 154 g/mol. The number of hydrogen-bond donors (Lipinski definition) is 2. The Bertz CT molecular complexity index is 194. The molecule has 0 aliphatic heterocycles. The van der Waals surface area contributed by atoms with Crippen LogP contribution >= 0.6 is 0 Å². The van der Waals surface area contributed by atoms with Crippen LogP contribution in [0.5, 0.6) is 0 Å². The Morgan fingerprint density at radius 3 is 2.27 bits per heavy atom. The lowest BCUT2D eigenvalue weighted by Crippen LogP contribution is -2.19. The summed E-state index contributed by atoms with van der Waals surface area (Å²) < 4.78 is 4.94. The van der Waals surface area contributed by atoms with E-state index in [0.717, 1.165) is 19.3 Å². The minimum atomic E-state index is 0.00229. The summed E-state index contributed by atoms with van der Waals surface area (Å²) in [5.41, 5.74) is 0.00229. The third kappa shape index (κ3) is 1.59. The van der Waals surface area contributed by atoms with E-state index in [2.05, 4.69) is 6.92 Å². The third-order valence-electron chi connectivity index (χ3n) is 2.27. The molecule has 0 saturated heterocycles. The molecule has 1 aliphatic rings. The van der Waals surface area contributed by atoms with Crippen LogP contribution in [0.4, 0.5) is 0 Å². The molecule has 0 bridgehead atoms. The van der Waals surface area contributed by atoms with Crippen LogP contribution < -0.4 is 0 Å². The first kappa shape index (κ1) is 8.24. The van der Waals surface area contributed by atoms with Gasteiger partial charge in [0.05, 0.1) is 0 Å². The van der Waals surface area contributed by atoms with Crippen molar-refractivity contribution >= 4 is 11.8 Å². The molecule has 1 aliphatic carbocycles. The molecule has 3 heteroatoms. The lowest BCUT2D eigenvalue weighted by molar-refractivity contribution is 0.449. The van der Waals surface area contributed by atoms with Gasteiger partial charge in [0.25, 0.3) is 0 Å². The van der Waals surface area contributed by atoms with Crippen molar-refractivity contribution in [3.63, 3.8) is 0 Å². The lowest BCUT2D eigenvalue weighted by Gasteiger charge is -2.13. The van der Waals surface area contributed by atoms with Gasteiger partial charge < -0.3 is 4.74 Å². The van der Waals surface area contributed by atoms with Gasteiger partial charge in [-0.05, 0) is 19.3 Å². The molecule has 0 aromatic carbocycles. The maximum absolute atomic E-state index is 7.52. The number of nitrogens with one attached hydrogen (secondary N) is 2. The van der Waals surface area contributed by atoms with Crippen molar-refractivity contribution < 1.29 is 4.74 Å². The van der Waals surface area contributed by atoms with Crippen LogP contribution in [0.3, 0.4) is 0 Å². The van der Waals surface area contributed by atoms with Gasteiger partial charge in [-0.15, -0.1) is 0 Å². The molecule has 2 N–H and O–H groups in total. The predicted octanol–water partition coefficient (Wildman–Crippen LogP) is 2.17. The normalized spacial score (nSPS) is 19.1. The second-order valence-electron chi connectivity index (χ2n) is 3.12. The predicted molar refractivity (Wildman–Crippen MR) is 44.2 cm³/mol.